The predicted octanol–water partition coefficient (Wildman–Crippen LogP) is 3.75. The van der Waals surface area contributed by atoms with E-state index in [0.29, 0.717) is 36.5 Å². The molecule has 1 aromatic carbocycles. The summed E-state index contributed by atoms with van der Waals surface area (Å²) in [6.45, 7) is 5.80. The number of hydrogen-bond donors (Lipinski definition) is 4. The van der Waals surface area contributed by atoms with Crippen LogP contribution >= 0.6 is 11.6 Å². The summed E-state index contributed by atoms with van der Waals surface area (Å²) in [5, 5.41) is 18.9. The van der Waals surface area contributed by atoms with Gasteiger partial charge in [-0.1, -0.05) is 42.7 Å². The second-order valence-electron chi connectivity index (χ2n) is 13.5. The van der Waals surface area contributed by atoms with Gasteiger partial charge in [0.2, 0.25) is 11.8 Å². The summed E-state index contributed by atoms with van der Waals surface area (Å²) >= 11 is 6.17. The number of rotatable bonds is 3. The van der Waals surface area contributed by atoms with Gasteiger partial charge in [0.25, 0.3) is 0 Å². The zero-order valence-corrected chi connectivity index (χ0v) is 26.7. The number of carboxylic acid groups (broad SMARTS) is 1. The number of hydrogen-bond acceptors (Lipinski definition) is 6. The highest BCUT2D eigenvalue weighted by Crippen LogP contribution is 2.45. The smallest absolute Gasteiger partial charge is 0.414 e. The minimum atomic E-state index is -1.46. The normalized spacial score (nSPS) is 28.5. The van der Waals surface area contributed by atoms with Crippen molar-refractivity contribution in [3.05, 3.63) is 40.9 Å². The third-order valence-corrected chi connectivity index (χ3v) is 9.08. The summed E-state index contributed by atoms with van der Waals surface area (Å²) in [7, 11) is 0. The molecule has 13 heteroatoms. The van der Waals surface area contributed by atoms with E-state index in [1.54, 1.807) is 12.1 Å². The van der Waals surface area contributed by atoms with Crippen LogP contribution < -0.4 is 20.9 Å². The van der Waals surface area contributed by atoms with E-state index in [9.17, 15) is 29.1 Å². The van der Waals surface area contributed by atoms with E-state index in [2.05, 4.69) is 16.0 Å². The molecule has 12 nitrogen and oxygen atoms in total. The number of ether oxygens (including phenoxy) is 1. The Hall–Kier alpha value is -3.80. The van der Waals surface area contributed by atoms with E-state index in [0.717, 1.165) is 24.8 Å². The van der Waals surface area contributed by atoms with E-state index in [1.165, 1.54) is 9.80 Å². The number of urea groups is 1. The van der Waals surface area contributed by atoms with Gasteiger partial charge in [-0.2, -0.15) is 0 Å². The fourth-order valence-electron chi connectivity index (χ4n) is 6.43. The molecular weight excluding hydrogens is 602 g/mol. The minimum Gasteiger partial charge on any atom is -0.479 e. The molecule has 5 rings (SSSR count). The molecule has 3 aliphatic heterocycles. The first-order valence-corrected chi connectivity index (χ1v) is 16.0. The molecule has 0 spiro atoms. The predicted molar refractivity (Wildman–Crippen MR) is 167 cm³/mol. The quantitative estimate of drug-likeness (QED) is 0.365. The number of carboxylic acids is 1. The van der Waals surface area contributed by atoms with Gasteiger partial charge in [-0.3, -0.25) is 14.5 Å². The number of carbonyl (C=O) groups is 5. The van der Waals surface area contributed by atoms with Gasteiger partial charge in [-0.05, 0) is 70.6 Å². The maximum atomic E-state index is 14.1. The largest absolute Gasteiger partial charge is 0.479 e. The Kier molecular flexibility index (Phi) is 9.34. The lowest BCUT2D eigenvalue weighted by molar-refractivity contribution is -0.145. The lowest BCUT2D eigenvalue weighted by Crippen LogP contribution is -2.58. The second kappa shape index (κ2) is 12.9. The van der Waals surface area contributed by atoms with E-state index >= 15 is 0 Å². The van der Waals surface area contributed by atoms with E-state index in [1.807, 2.05) is 39.0 Å². The summed E-state index contributed by atoms with van der Waals surface area (Å²) in [5.74, 6) is -2.62. The summed E-state index contributed by atoms with van der Waals surface area (Å²) in [6, 6.07) is 2.78. The number of amides is 5. The molecule has 2 fully saturated rings. The Balaban J connectivity index is 1.39. The van der Waals surface area contributed by atoms with Crippen LogP contribution in [0, 0.1) is 5.92 Å². The lowest BCUT2D eigenvalue weighted by Gasteiger charge is -2.30. The van der Waals surface area contributed by atoms with Gasteiger partial charge in [0.15, 0.2) is 0 Å². The summed E-state index contributed by atoms with van der Waals surface area (Å²) in [6.07, 6.45) is 6.58. The summed E-state index contributed by atoms with van der Waals surface area (Å²) in [5.41, 5.74) is -0.391. The Morgan fingerprint density at radius 3 is 2.67 bits per heavy atom. The first kappa shape index (κ1) is 32.6. The van der Waals surface area contributed by atoms with Crippen LogP contribution in [-0.4, -0.2) is 82.3 Å². The Morgan fingerprint density at radius 2 is 1.93 bits per heavy atom. The van der Waals surface area contributed by atoms with Crippen molar-refractivity contribution in [2.75, 3.05) is 18.0 Å². The van der Waals surface area contributed by atoms with Gasteiger partial charge in [0.1, 0.15) is 23.7 Å². The maximum absolute atomic E-state index is 14.1. The van der Waals surface area contributed by atoms with Crippen molar-refractivity contribution in [3.8, 4) is 0 Å². The SMILES string of the molecule is CC(C)(C)NC(=O)N[C@H]1CCCCCC=C[C@@H]2C[C@@]2(C(=O)O)NC(=O)[C@@H]2C[C@@H](OC(=O)N3CCc4ccc(Cl)cc43)CN2C1=O. The number of carbonyl (C=O) groups excluding carboxylic acids is 4. The highest BCUT2D eigenvalue weighted by Gasteiger charge is 2.61. The van der Waals surface area contributed by atoms with Crippen LogP contribution in [0.4, 0.5) is 15.3 Å². The number of fused-ring (bicyclic) bond motifs is 3. The van der Waals surface area contributed by atoms with E-state index in [4.69, 9.17) is 16.3 Å². The van der Waals surface area contributed by atoms with Crippen LogP contribution in [0.5, 0.6) is 0 Å². The Morgan fingerprint density at radius 1 is 1.16 bits per heavy atom. The second-order valence-corrected chi connectivity index (χ2v) is 13.9. The molecule has 3 heterocycles. The molecule has 5 amide bonds. The van der Waals surface area contributed by atoms with Crippen molar-refractivity contribution in [2.24, 2.45) is 5.92 Å². The molecule has 0 radical (unpaired) electrons. The van der Waals surface area contributed by atoms with Gasteiger partial charge in [0.05, 0.1) is 12.2 Å². The van der Waals surface area contributed by atoms with Crippen LogP contribution in [0.2, 0.25) is 5.02 Å². The molecule has 45 heavy (non-hydrogen) atoms. The molecule has 1 saturated heterocycles. The number of nitrogens with one attached hydrogen (secondary N) is 3. The monoisotopic (exact) mass is 643 g/mol. The van der Waals surface area contributed by atoms with Crippen LogP contribution in [0.3, 0.4) is 0 Å². The number of anilines is 1. The number of aliphatic carboxylic acids is 1. The molecule has 244 valence electrons. The molecule has 4 aliphatic rings. The average molecular weight is 644 g/mol. The van der Waals surface area contributed by atoms with Crippen molar-refractivity contribution in [3.63, 3.8) is 0 Å². The topological polar surface area (TPSA) is 157 Å². The number of halogens is 1. The van der Waals surface area contributed by atoms with Crippen molar-refractivity contribution in [1.82, 2.24) is 20.9 Å². The molecule has 1 saturated carbocycles. The third kappa shape index (κ3) is 7.37. The first-order chi connectivity index (χ1) is 21.3. The lowest BCUT2D eigenvalue weighted by atomic mass is 10.0. The molecule has 4 N–H and O–H groups in total. The van der Waals surface area contributed by atoms with Crippen molar-refractivity contribution in [2.45, 2.75) is 101 Å². The van der Waals surface area contributed by atoms with Crippen LogP contribution in [0.1, 0.15) is 71.3 Å². The highest BCUT2D eigenvalue weighted by molar-refractivity contribution is 6.31. The average Bonchev–Trinajstić information content (AvgIpc) is 3.27. The number of allylic oxidation sites excluding steroid dienone is 1. The first-order valence-electron chi connectivity index (χ1n) is 15.7. The maximum Gasteiger partial charge on any atom is 0.414 e. The van der Waals surface area contributed by atoms with Crippen molar-refractivity contribution in [1.29, 1.82) is 0 Å². The van der Waals surface area contributed by atoms with Gasteiger partial charge in [-0.25, -0.2) is 14.4 Å². The highest BCUT2D eigenvalue weighted by atomic mass is 35.5. The van der Waals surface area contributed by atoms with Gasteiger partial charge in [-0.15, -0.1) is 0 Å². The minimum absolute atomic E-state index is 0.0172. The molecule has 1 aromatic rings. The van der Waals surface area contributed by atoms with E-state index in [-0.39, 0.29) is 25.3 Å². The molecule has 5 atom stereocenters. The molecule has 0 bridgehead atoms. The third-order valence-electron chi connectivity index (χ3n) is 8.85. The zero-order valence-electron chi connectivity index (χ0n) is 25.9. The number of nitrogens with zero attached hydrogens (tertiary/aromatic N) is 2. The van der Waals surface area contributed by atoms with Crippen LogP contribution in [0.25, 0.3) is 0 Å². The number of benzene rings is 1. The fourth-order valence-corrected chi connectivity index (χ4v) is 6.60. The van der Waals surface area contributed by atoms with Gasteiger partial charge >= 0.3 is 18.1 Å². The standard InChI is InChI=1S/C32H42ClN5O7/c1-31(2,3)36-29(43)34-23-10-8-6-4-5-7-9-20-17-32(20,28(41)42)35-26(39)25-16-22(18-38(25)27(23)40)45-30(44)37-14-13-19-11-12-21(33)15-24(19)37/h7,9,11-12,15,20,22-23,25H,4-6,8,10,13-14,16-18H2,1-3H3,(H,35,39)(H,41,42)(H2,34,36,43)/t20-,22-,23+,25+,32-/m1/s1. The van der Waals surface area contributed by atoms with Crippen molar-refractivity contribution < 1.29 is 33.8 Å². The molecule has 1 aliphatic carbocycles. The van der Waals surface area contributed by atoms with Crippen LogP contribution in [0.15, 0.2) is 30.4 Å². The summed E-state index contributed by atoms with van der Waals surface area (Å²) in [4.78, 5) is 69.2. The van der Waals surface area contributed by atoms with Gasteiger partial charge < -0.3 is 30.7 Å². The Labute approximate surface area is 267 Å². The van der Waals surface area contributed by atoms with Crippen molar-refractivity contribution >= 4 is 47.2 Å². The van der Waals surface area contributed by atoms with E-state index < -0.39 is 59.2 Å². The van der Waals surface area contributed by atoms with Gasteiger partial charge in [0, 0.05) is 29.4 Å². The zero-order chi connectivity index (χ0) is 32.5. The Bertz CT molecular complexity index is 1390. The fraction of sp³-hybridized carbons (Fsp3) is 0.594. The molecular formula is C32H42ClN5O7. The summed E-state index contributed by atoms with van der Waals surface area (Å²) < 4.78 is 5.87. The molecule has 0 aromatic heterocycles. The van der Waals surface area contributed by atoms with Crippen LogP contribution in [-0.2, 0) is 25.5 Å². The molecule has 0 unspecified atom stereocenters.